The van der Waals surface area contributed by atoms with E-state index in [0.29, 0.717) is 19.0 Å². The van der Waals surface area contributed by atoms with Crippen LogP contribution in [0.3, 0.4) is 0 Å². The Hall–Kier alpha value is -0.120. The van der Waals surface area contributed by atoms with Crippen LogP contribution in [0.1, 0.15) is 20.3 Å². The molecule has 60 valence electrons. The highest BCUT2D eigenvalue weighted by Gasteiger charge is 2.50. The van der Waals surface area contributed by atoms with Gasteiger partial charge in [0.25, 0.3) is 0 Å². The Kier molecular flexibility index (Phi) is 1.99. The third-order valence-electron chi connectivity index (χ3n) is 2.02. The summed E-state index contributed by atoms with van der Waals surface area (Å²) in [6, 6.07) is 0.441. The maximum Gasteiger partial charge on any atom is 0.132 e. The molecule has 0 aliphatic carbocycles. The van der Waals surface area contributed by atoms with Gasteiger partial charge in [-0.1, -0.05) is 0 Å². The minimum Gasteiger partial charge on any atom is -0.374 e. The second-order valence-electron chi connectivity index (χ2n) is 3.24. The molecule has 3 heteroatoms. The molecule has 0 amide bonds. The summed E-state index contributed by atoms with van der Waals surface area (Å²) < 4.78 is 0. The maximum atomic E-state index is 9.60. The molecule has 1 saturated heterocycles. The van der Waals surface area contributed by atoms with Gasteiger partial charge in [-0.3, -0.25) is 4.90 Å². The average molecular weight is 144 g/mol. The highest BCUT2D eigenvalue weighted by molar-refractivity contribution is 4.99. The van der Waals surface area contributed by atoms with Crippen LogP contribution in [-0.2, 0) is 0 Å². The Morgan fingerprint density at radius 3 is 2.60 bits per heavy atom. The molecular formula is C7H16N2O. The van der Waals surface area contributed by atoms with Crippen LogP contribution in [0.5, 0.6) is 0 Å². The third kappa shape index (κ3) is 1.31. The summed E-state index contributed by atoms with van der Waals surface area (Å²) in [7, 11) is 0. The standard InChI is InChI=1S/C7H16N2O/c1-6(2)9-5-7(9,10)3-4-8/h6,10H,3-5,8H2,1-2H3. The van der Waals surface area contributed by atoms with Crippen molar-refractivity contribution in [3.8, 4) is 0 Å². The van der Waals surface area contributed by atoms with E-state index in [1.807, 2.05) is 4.90 Å². The first-order valence-electron chi connectivity index (χ1n) is 3.79. The van der Waals surface area contributed by atoms with Crippen LogP contribution in [0.4, 0.5) is 0 Å². The summed E-state index contributed by atoms with van der Waals surface area (Å²) >= 11 is 0. The molecule has 0 spiro atoms. The number of hydrogen-bond donors (Lipinski definition) is 2. The second kappa shape index (κ2) is 2.49. The fourth-order valence-corrected chi connectivity index (χ4v) is 1.35. The van der Waals surface area contributed by atoms with Gasteiger partial charge >= 0.3 is 0 Å². The van der Waals surface area contributed by atoms with Gasteiger partial charge in [0.2, 0.25) is 0 Å². The molecule has 0 aromatic carbocycles. The van der Waals surface area contributed by atoms with Crippen molar-refractivity contribution >= 4 is 0 Å². The highest BCUT2D eigenvalue weighted by Crippen LogP contribution is 2.34. The van der Waals surface area contributed by atoms with Crippen LogP contribution in [-0.4, -0.2) is 34.9 Å². The van der Waals surface area contributed by atoms with Crippen LogP contribution in [0, 0.1) is 0 Å². The molecule has 1 heterocycles. The largest absolute Gasteiger partial charge is 0.374 e. The highest BCUT2D eigenvalue weighted by atomic mass is 16.3. The lowest BCUT2D eigenvalue weighted by Gasteiger charge is -2.12. The van der Waals surface area contributed by atoms with Crippen LogP contribution in [0.25, 0.3) is 0 Å². The van der Waals surface area contributed by atoms with Crippen molar-refractivity contribution in [2.45, 2.75) is 32.0 Å². The molecule has 3 nitrogen and oxygen atoms in total. The van der Waals surface area contributed by atoms with Crippen molar-refractivity contribution in [3.63, 3.8) is 0 Å². The zero-order valence-corrected chi connectivity index (χ0v) is 6.67. The Bertz CT molecular complexity index is 127. The van der Waals surface area contributed by atoms with E-state index in [1.165, 1.54) is 0 Å². The number of hydrogen-bond acceptors (Lipinski definition) is 3. The van der Waals surface area contributed by atoms with Gasteiger partial charge in [-0.2, -0.15) is 0 Å². The predicted octanol–water partition coefficient (Wildman–Crippen LogP) is -0.252. The predicted molar refractivity (Wildman–Crippen MR) is 40.5 cm³/mol. The summed E-state index contributed by atoms with van der Waals surface area (Å²) in [6.45, 7) is 5.52. The van der Waals surface area contributed by atoms with Gasteiger partial charge in [0.1, 0.15) is 5.72 Å². The summed E-state index contributed by atoms with van der Waals surface area (Å²) in [4.78, 5) is 2.04. The monoisotopic (exact) mass is 144 g/mol. The van der Waals surface area contributed by atoms with E-state index >= 15 is 0 Å². The molecule has 3 N–H and O–H groups in total. The minimum absolute atomic E-state index is 0.441. The van der Waals surface area contributed by atoms with E-state index < -0.39 is 5.72 Å². The first-order valence-corrected chi connectivity index (χ1v) is 3.79. The molecule has 0 bridgehead atoms. The van der Waals surface area contributed by atoms with E-state index in [-0.39, 0.29) is 0 Å². The lowest BCUT2D eigenvalue weighted by molar-refractivity contribution is 0.0702. The minimum atomic E-state index is -0.553. The Morgan fingerprint density at radius 1 is 1.70 bits per heavy atom. The summed E-state index contributed by atoms with van der Waals surface area (Å²) in [5, 5.41) is 9.60. The molecule has 0 aromatic heterocycles. The summed E-state index contributed by atoms with van der Waals surface area (Å²) in [5.41, 5.74) is 4.78. The summed E-state index contributed by atoms with van der Waals surface area (Å²) in [6.07, 6.45) is 0.700. The van der Waals surface area contributed by atoms with Crippen LogP contribution >= 0.6 is 0 Å². The van der Waals surface area contributed by atoms with E-state index in [1.54, 1.807) is 0 Å². The van der Waals surface area contributed by atoms with Crippen molar-refractivity contribution in [2.75, 3.05) is 13.1 Å². The van der Waals surface area contributed by atoms with E-state index in [2.05, 4.69) is 13.8 Å². The lowest BCUT2D eigenvalue weighted by Crippen LogP contribution is -2.25. The van der Waals surface area contributed by atoms with Crippen molar-refractivity contribution < 1.29 is 5.11 Å². The van der Waals surface area contributed by atoms with Gasteiger partial charge in [-0.05, 0) is 20.4 Å². The van der Waals surface area contributed by atoms with Crippen LogP contribution < -0.4 is 5.73 Å². The van der Waals surface area contributed by atoms with Crippen LogP contribution in [0.2, 0.25) is 0 Å². The quantitative estimate of drug-likeness (QED) is 0.537. The van der Waals surface area contributed by atoms with Crippen molar-refractivity contribution in [1.29, 1.82) is 0 Å². The topological polar surface area (TPSA) is 49.3 Å². The van der Waals surface area contributed by atoms with E-state index in [0.717, 1.165) is 6.54 Å². The fraction of sp³-hybridized carbons (Fsp3) is 1.00. The maximum absolute atomic E-state index is 9.60. The molecule has 1 aliphatic rings. The first kappa shape index (κ1) is 7.98. The molecule has 1 rings (SSSR count). The molecular weight excluding hydrogens is 128 g/mol. The molecule has 2 unspecified atom stereocenters. The number of rotatable bonds is 3. The fourth-order valence-electron chi connectivity index (χ4n) is 1.35. The normalized spacial score (nSPS) is 38.7. The Morgan fingerprint density at radius 2 is 2.30 bits per heavy atom. The SMILES string of the molecule is CC(C)N1CC1(O)CCN. The number of nitrogens with zero attached hydrogens (tertiary/aromatic N) is 1. The lowest BCUT2D eigenvalue weighted by atomic mass is 10.2. The van der Waals surface area contributed by atoms with Crippen molar-refractivity contribution in [2.24, 2.45) is 5.73 Å². The molecule has 10 heavy (non-hydrogen) atoms. The third-order valence-corrected chi connectivity index (χ3v) is 2.02. The van der Waals surface area contributed by atoms with Gasteiger partial charge in [-0.15, -0.1) is 0 Å². The average Bonchev–Trinajstić information content (AvgIpc) is 2.43. The Balaban J connectivity index is 2.33. The van der Waals surface area contributed by atoms with Gasteiger partial charge in [0, 0.05) is 19.0 Å². The molecule has 0 aromatic rings. The van der Waals surface area contributed by atoms with Gasteiger partial charge in [0.05, 0.1) is 0 Å². The second-order valence-corrected chi connectivity index (χ2v) is 3.24. The first-order chi connectivity index (χ1) is 4.60. The molecule has 1 aliphatic heterocycles. The smallest absolute Gasteiger partial charge is 0.132 e. The molecule has 0 saturated carbocycles. The Labute approximate surface area is 61.8 Å². The molecule has 1 fully saturated rings. The number of β-amino-alcohol motifs (C(OH)–C–C–N with tert-alkyl or cyclic N) is 1. The number of aliphatic hydroxyl groups is 1. The van der Waals surface area contributed by atoms with Crippen LogP contribution in [0.15, 0.2) is 0 Å². The molecule has 0 radical (unpaired) electrons. The number of nitrogens with two attached hydrogens (primary N) is 1. The van der Waals surface area contributed by atoms with E-state index in [4.69, 9.17) is 5.73 Å². The van der Waals surface area contributed by atoms with Gasteiger partial charge in [-0.25, -0.2) is 0 Å². The molecule has 2 atom stereocenters. The van der Waals surface area contributed by atoms with Gasteiger partial charge in [0.15, 0.2) is 0 Å². The zero-order valence-electron chi connectivity index (χ0n) is 6.67. The van der Waals surface area contributed by atoms with Gasteiger partial charge < -0.3 is 10.8 Å². The van der Waals surface area contributed by atoms with Crippen molar-refractivity contribution in [3.05, 3.63) is 0 Å². The van der Waals surface area contributed by atoms with Crippen molar-refractivity contribution in [1.82, 2.24) is 4.90 Å². The van der Waals surface area contributed by atoms with E-state index in [9.17, 15) is 5.11 Å². The summed E-state index contributed by atoms with van der Waals surface area (Å²) in [5.74, 6) is 0. The zero-order chi connectivity index (χ0) is 7.78.